The average molecular weight is 393 g/mol. The van der Waals surface area contributed by atoms with E-state index in [1.807, 2.05) is 37.3 Å². The summed E-state index contributed by atoms with van der Waals surface area (Å²) >= 11 is 5.91. The first kappa shape index (κ1) is 18.4. The molecule has 1 aromatic heterocycles. The van der Waals surface area contributed by atoms with Crippen LogP contribution in [0.2, 0.25) is 5.02 Å². The quantitative estimate of drug-likeness (QED) is 0.712. The third-order valence-electron chi connectivity index (χ3n) is 4.81. The summed E-state index contributed by atoms with van der Waals surface area (Å²) in [7, 11) is 0. The number of aromatic nitrogens is 2. The number of amides is 1. The number of halogens is 1. The average Bonchev–Trinajstić information content (AvgIpc) is 2.72. The van der Waals surface area contributed by atoms with Gasteiger partial charge in [-0.2, -0.15) is 0 Å². The van der Waals surface area contributed by atoms with E-state index in [1.165, 1.54) is 5.56 Å². The maximum atomic E-state index is 12.7. The van der Waals surface area contributed by atoms with Gasteiger partial charge in [0.15, 0.2) is 0 Å². The van der Waals surface area contributed by atoms with E-state index in [1.54, 1.807) is 6.07 Å². The van der Waals surface area contributed by atoms with Crippen LogP contribution in [0.1, 0.15) is 33.9 Å². The van der Waals surface area contributed by atoms with Gasteiger partial charge in [-0.1, -0.05) is 41.9 Å². The molecule has 1 N–H and O–H groups in total. The van der Waals surface area contributed by atoms with E-state index in [0.29, 0.717) is 23.1 Å². The molecule has 0 saturated heterocycles. The number of para-hydroxylation sites is 1. The van der Waals surface area contributed by atoms with Crippen molar-refractivity contribution in [1.29, 1.82) is 0 Å². The molecular weight excluding hydrogens is 372 g/mol. The fourth-order valence-electron chi connectivity index (χ4n) is 3.45. The summed E-state index contributed by atoms with van der Waals surface area (Å²) in [5.41, 5.74) is 3.81. The molecule has 142 valence electrons. The van der Waals surface area contributed by atoms with Crippen molar-refractivity contribution in [1.82, 2.24) is 15.3 Å². The number of carbonyl (C=O) groups excluding carboxylic acids is 1. The van der Waals surface area contributed by atoms with Crippen molar-refractivity contribution in [3.8, 4) is 0 Å². The van der Waals surface area contributed by atoms with Gasteiger partial charge < -0.3 is 10.2 Å². The molecule has 6 heteroatoms. The summed E-state index contributed by atoms with van der Waals surface area (Å²) in [5, 5.41) is 3.59. The molecule has 0 saturated carbocycles. The molecular formula is C22H21ClN4O. The second-order valence-corrected chi connectivity index (χ2v) is 7.29. The SMILES string of the molecule is Cc1nc(C(=O)NCc2ccc(Cl)cc2)cc(N2CCCc3ccccc32)n1. The third kappa shape index (κ3) is 3.99. The Hall–Kier alpha value is -2.92. The van der Waals surface area contributed by atoms with Crippen molar-refractivity contribution in [3.63, 3.8) is 0 Å². The monoisotopic (exact) mass is 392 g/mol. The topological polar surface area (TPSA) is 58.1 Å². The molecule has 0 fully saturated rings. The third-order valence-corrected chi connectivity index (χ3v) is 5.06. The Morgan fingerprint density at radius 2 is 1.93 bits per heavy atom. The first-order chi connectivity index (χ1) is 13.6. The standard InChI is InChI=1S/C22H21ClN4O/c1-15-25-19(22(28)24-14-16-8-10-18(23)11-9-16)13-21(26-15)27-12-4-6-17-5-2-3-7-20(17)27/h2-3,5,7-11,13H,4,6,12,14H2,1H3,(H,24,28). The van der Waals surface area contributed by atoms with Gasteiger partial charge in [0.05, 0.1) is 0 Å². The van der Waals surface area contributed by atoms with Crippen LogP contribution in [0.5, 0.6) is 0 Å². The predicted octanol–water partition coefficient (Wildman–Crippen LogP) is 4.45. The van der Waals surface area contributed by atoms with Crippen LogP contribution in [-0.2, 0) is 13.0 Å². The fraction of sp³-hybridized carbons (Fsp3) is 0.227. The number of carbonyl (C=O) groups is 1. The number of aryl methyl sites for hydroxylation is 2. The zero-order valence-corrected chi connectivity index (χ0v) is 16.4. The van der Waals surface area contributed by atoms with Crippen molar-refractivity contribution < 1.29 is 4.79 Å². The molecule has 0 aliphatic carbocycles. The highest BCUT2D eigenvalue weighted by molar-refractivity contribution is 6.30. The van der Waals surface area contributed by atoms with Crippen LogP contribution in [-0.4, -0.2) is 22.4 Å². The molecule has 2 heterocycles. The second-order valence-electron chi connectivity index (χ2n) is 6.85. The molecule has 4 rings (SSSR count). The Morgan fingerprint density at radius 3 is 2.75 bits per heavy atom. The second kappa shape index (κ2) is 7.98. The molecule has 0 spiro atoms. The van der Waals surface area contributed by atoms with Crippen molar-refractivity contribution >= 4 is 29.0 Å². The van der Waals surface area contributed by atoms with Crippen LogP contribution >= 0.6 is 11.6 Å². The summed E-state index contributed by atoms with van der Waals surface area (Å²) in [5.74, 6) is 1.13. The van der Waals surface area contributed by atoms with Crippen LogP contribution in [0.4, 0.5) is 11.5 Å². The van der Waals surface area contributed by atoms with Gasteiger partial charge >= 0.3 is 0 Å². The zero-order chi connectivity index (χ0) is 19.5. The molecule has 0 unspecified atom stereocenters. The number of nitrogens with one attached hydrogen (secondary N) is 1. The fourth-order valence-corrected chi connectivity index (χ4v) is 3.58. The van der Waals surface area contributed by atoms with Gasteiger partial charge in [-0.25, -0.2) is 9.97 Å². The zero-order valence-electron chi connectivity index (χ0n) is 15.7. The van der Waals surface area contributed by atoms with Crippen molar-refractivity contribution in [2.24, 2.45) is 0 Å². The molecule has 0 atom stereocenters. The van der Waals surface area contributed by atoms with Crippen LogP contribution in [0.25, 0.3) is 0 Å². The van der Waals surface area contributed by atoms with E-state index in [-0.39, 0.29) is 5.91 Å². The minimum atomic E-state index is -0.216. The molecule has 28 heavy (non-hydrogen) atoms. The van der Waals surface area contributed by atoms with Gasteiger partial charge in [-0.3, -0.25) is 4.79 Å². The highest BCUT2D eigenvalue weighted by Crippen LogP contribution is 2.32. The van der Waals surface area contributed by atoms with Gasteiger partial charge in [-0.15, -0.1) is 0 Å². The maximum Gasteiger partial charge on any atom is 0.270 e. The highest BCUT2D eigenvalue weighted by Gasteiger charge is 2.21. The van der Waals surface area contributed by atoms with Crippen LogP contribution in [0, 0.1) is 6.92 Å². The lowest BCUT2D eigenvalue weighted by molar-refractivity contribution is 0.0945. The van der Waals surface area contributed by atoms with Crippen molar-refractivity contribution in [2.45, 2.75) is 26.3 Å². The first-order valence-corrected chi connectivity index (χ1v) is 9.72. The molecule has 1 aliphatic rings. The van der Waals surface area contributed by atoms with Gasteiger partial charge in [0.1, 0.15) is 17.3 Å². The Bertz CT molecular complexity index is 1000. The van der Waals surface area contributed by atoms with E-state index in [4.69, 9.17) is 11.6 Å². The molecule has 0 radical (unpaired) electrons. The Balaban J connectivity index is 1.56. The number of rotatable bonds is 4. The Labute approximate surface area is 169 Å². The van der Waals surface area contributed by atoms with E-state index < -0.39 is 0 Å². The van der Waals surface area contributed by atoms with Gasteiger partial charge in [0.25, 0.3) is 5.91 Å². The smallest absolute Gasteiger partial charge is 0.270 e. The number of hydrogen-bond acceptors (Lipinski definition) is 4. The molecule has 5 nitrogen and oxygen atoms in total. The van der Waals surface area contributed by atoms with Gasteiger partial charge in [0, 0.05) is 29.9 Å². The van der Waals surface area contributed by atoms with E-state index in [2.05, 4.69) is 38.4 Å². The lowest BCUT2D eigenvalue weighted by atomic mass is 10.0. The Morgan fingerprint density at radius 1 is 1.14 bits per heavy atom. The lowest BCUT2D eigenvalue weighted by Gasteiger charge is -2.30. The highest BCUT2D eigenvalue weighted by atomic mass is 35.5. The van der Waals surface area contributed by atoms with Gasteiger partial charge in [0.2, 0.25) is 0 Å². The van der Waals surface area contributed by atoms with E-state index in [0.717, 1.165) is 36.5 Å². The lowest BCUT2D eigenvalue weighted by Crippen LogP contribution is -2.28. The minimum absolute atomic E-state index is 0.216. The normalized spacial score (nSPS) is 13.1. The molecule has 3 aromatic rings. The van der Waals surface area contributed by atoms with E-state index in [9.17, 15) is 4.79 Å². The number of anilines is 2. The number of benzene rings is 2. The van der Waals surface area contributed by atoms with Crippen molar-refractivity contribution in [2.75, 3.05) is 11.4 Å². The molecule has 1 aliphatic heterocycles. The number of hydrogen-bond donors (Lipinski definition) is 1. The number of fused-ring (bicyclic) bond motifs is 1. The predicted molar refractivity (Wildman–Crippen MR) is 111 cm³/mol. The Kier molecular flexibility index (Phi) is 5.26. The summed E-state index contributed by atoms with van der Waals surface area (Å²) < 4.78 is 0. The largest absolute Gasteiger partial charge is 0.347 e. The molecule has 2 aromatic carbocycles. The number of nitrogens with zero attached hydrogens (tertiary/aromatic N) is 3. The van der Waals surface area contributed by atoms with E-state index >= 15 is 0 Å². The van der Waals surface area contributed by atoms with Crippen LogP contribution in [0.3, 0.4) is 0 Å². The maximum absolute atomic E-state index is 12.7. The first-order valence-electron chi connectivity index (χ1n) is 9.34. The van der Waals surface area contributed by atoms with Crippen LogP contribution in [0.15, 0.2) is 54.6 Å². The van der Waals surface area contributed by atoms with Crippen molar-refractivity contribution in [3.05, 3.63) is 82.3 Å². The van der Waals surface area contributed by atoms with Crippen LogP contribution < -0.4 is 10.2 Å². The summed E-state index contributed by atoms with van der Waals surface area (Å²) in [6, 6.07) is 17.5. The molecule has 1 amide bonds. The molecule has 0 bridgehead atoms. The van der Waals surface area contributed by atoms with Gasteiger partial charge in [-0.05, 0) is 49.1 Å². The minimum Gasteiger partial charge on any atom is -0.347 e. The summed E-state index contributed by atoms with van der Waals surface area (Å²) in [6.45, 7) is 3.11. The summed E-state index contributed by atoms with van der Waals surface area (Å²) in [6.07, 6.45) is 2.11. The summed E-state index contributed by atoms with van der Waals surface area (Å²) in [4.78, 5) is 23.8.